The third-order valence-electron chi connectivity index (χ3n) is 2.09. The van der Waals surface area contributed by atoms with Crippen molar-refractivity contribution in [3.05, 3.63) is 33.1 Å². The van der Waals surface area contributed by atoms with E-state index in [1.807, 2.05) is 6.92 Å². The highest BCUT2D eigenvalue weighted by Crippen LogP contribution is 2.19. The Morgan fingerprint density at radius 3 is 2.86 bits per heavy atom. The van der Waals surface area contributed by atoms with Crippen LogP contribution >= 0.6 is 11.6 Å². The van der Waals surface area contributed by atoms with Crippen LogP contribution in [0.5, 0.6) is 0 Å². The minimum atomic E-state index is -0.158. The highest BCUT2D eigenvalue weighted by molar-refractivity contribution is 6.32. The molecule has 72 valence electrons. The summed E-state index contributed by atoms with van der Waals surface area (Å²) in [5.74, 6) is 0. The lowest BCUT2D eigenvalue weighted by atomic mass is 10.2. The second kappa shape index (κ2) is 3.06. The van der Waals surface area contributed by atoms with Gasteiger partial charge in [0.25, 0.3) is 5.56 Å². The highest BCUT2D eigenvalue weighted by atomic mass is 35.5. The topological polar surface area (TPSA) is 47.8 Å². The first-order chi connectivity index (χ1) is 6.59. The van der Waals surface area contributed by atoms with Crippen molar-refractivity contribution in [2.24, 2.45) is 7.05 Å². The van der Waals surface area contributed by atoms with Crippen LogP contribution in [0.25, 0.3) is 10.9 Å². The average molecular weight is 210 g/mol. The predicted molar refractivity (Wildman–Crippen MR) is 54.5 cm³/mol. The zero-order valence-electron chi connectivity index (χ0n) is 7.78. The van der Waals surface area contributed by atoms with E-state index in [9.17, 15) is 4.79 Å². The minimum Gasteiger partial charge on any atom is -0.267 e. The number of aromatic nitrogens is 3. The summed E-state index contributed by atoms with van der Waals surface area (Å²) in [6.45, 7) is 1.85. The third kappa shape index (κ3) is 1.28. The molecule has 0 aliphatic heterocycles. The number of rotatable bonds is 0. The van der Waals surface area contributed by atoms with Crippen molar-refractivity contribution >= 4 is 22.5 Å². The highest BCUT2D eigenvalue weighted by Gasteiger charge is 2.05. The number of aryl methyl sites for hydroxylation is 2. The van der Waals surface area contributed by atoms with Gasteiger partial charge in [-0.2, -0.15) is 0 Å². The molecule has 1 heterocycles. The van der Waals surface area contributed by atoms with Crippen LogP contribution in [-0.2, 0) is 7.05 Å². The minimum absolute atomic E-state index is 0.158. The van der Waals surface area contributed by atoms with Crippen molar-refractivity contribution in [2.45, 2.75) is 6.92 Å². The number of benzene rings is 1. The first-order valence-corrected chi connectivity index (χ1v) is 4.47. The Labute approximate surface area is 85.1 Å². The van der Waals surface area contributed by atoms with Gasteiger partial charge in [-0.1, -0.05) is 16.8 Å². The molecule has 0 aliphatic rings. The van der Waals surface area contributed by atoms with E-state index < -0.39 is 0 Å². The number of fused-ring (bicyclic) bond motifs is 1. The smallest absolute Gasteiger partial charge is 0.267 e. The molecule has 0 saturated carbocycles. The van der Waals surface area contributed by atoms with E-state index in [4.69, 9.17) is 11.6 Å². The van der Waals surface area contributed by atoms with Gasteiger partial charge in [-0.3, -0.25) is 4.79 Å². The molecule has 0 N–H and O–H groups in total. The van der Waals surface area contributed by atoms with Gasteiger partial charge in [0.05, 0.1) is 5.39 Å². The van der Waals surface area contributed by atoms with Crippen LogP contribution in [-0.4, -0.2) is 15.0 Å². The van der Waals surface area contributed by atoms with Crippen molar-refractivity contribution in [2.75, 3.05) is 0 Å². The SMILES string of the molecule is Cc1cc2c(=O)n(C)nnc2cc1Cl. The number of hydrogen-bond acceptors (Lipinski definition) is 3. The molecule has 1 aromatic heterocycles. The van der Waals surface area contributed by atoms with Gasteiger partial charge in [-0.05, 0) is 24.6 Å². The lowest BCUT2D eigenvalue weighted by Gasteiger charge is -2.01. The summed E-state index contributed by atoms with van der Waals surface area (Å²) in [4.78, 5) is 11.6. The summed E-state index contributed by atoms with van der Waals surface area (Å²) in [5, 5.41) is 8.69. The summed E-state index contributed by atoms with van der Waals surface area (Å²) in [5.41, 5.74) is 1.24. The van der Waals surface area contributed by atoms with Crippen LogP contribution in [0.2, 0.25) is 5.02 Å². The maximum absolute atomic E-state index is 11.6. The van der Waals surface area contributed by atoms with E-state index in [1.165, 1.54) is 4.68 Å². The molecular formula is C9H8ClN3O. The van der Waals surface area contributed by atoms with Gasteiger partial charge >= 0.3 is 0 Å². The molecule has 0 amide bonds. The predicted octanol–water partition coefficient (Wildman–Crippen LogP) is 1.29. The number of halogens is 1. The molecule has 5 heteroatoms. The van der Waals surface area contributed by atoms with Crippen LogP contribution in [0, 0.1) is 6.92 Å². The molecule has 4 nitrogen and oxygen atoms in total. The van der Waals surface area contributed by atoms with E-state index >= 15 is 0 Å². The Hall–Kier alpha value is -1.42. The van der Waals surface area contributed by atoms with E-state index in [0.717, 1.165) is 5.56 Å². The average Bonchev–Trinajstić information content (AvgIpc) is 2.15. The molecule has 0 spiro atoms. The maximum Gasteiger partial charge on any atom is 0.277 e. The quantitative estimate of drug-likeness (QED) is 0.657. The normalized spacial score (nSPS) is 10.8. The summed E-state index contributed by atoms with van der Waals surface area (Å²) in [7, 11) is 1.57. The summed E-state index contributed by atoms with van der Waals surface area (Å²) < 4.78 is 1.20. The van der Waals surface area contributed by atoms with Gasteiger partial charge in [-0.25, -0.2) is 4.68 Å². The van der Waals surface area contributed by atoms with Crippen LogP contribution in [0.1, 0.15) is 5.56 Å². The summed E-state index contributed by atoms with van der Waals surface area (Å²) in [6.07, 6.45) is 0. The van der Waals surface area contributed by atoms with Crippen LogP contribution in [0.3, 0.4) is 0 Å². The number of hydrogen-bond donors (Lipinski definition) is 0. The van der Waals surface area contributed by atoms with E-state index in [2.05, 4.69) is 10.3 Å². The fraction of sp³-hybridized carbons (Fsp3) is 0.222. The van der Waals surface area contributed by atoms with Gasteiger partial charge in [0.15, 0.2) is 0 Å². The zero-order valence-corrected chi connectivity index (χ0v) is 8.54. The van der Waals surface area contributed by atoms with E-state index in [1.54, 1.807) is 19.2 Å². The first-order valence-electron chi connectivity index (χ1n) is 4.09. The molecule has 0 atom stereocenters. The molecule has 0 saturated heterocycles. The summed E-state index contributed by atoms with van der Waals surface area (Å²) >= 11 is 5.90. The van der Waals surface area contributed by atoms with Crippen molar-refractivity contribution in [1.82, 2.24) is 15.0 Å². The third-order valence-corrected chi connectivity index (χ3v) is 2.50. The van der Waals surface area contributed by atoms with Crippen LogP contribution in [0.15, 0.2) is 16.9 Å². The van der Waals surface area contributed by atoms with Gasteiger partial charge in [0.1, 0.15) is 5.52 Å². The van der Waals surface area contributed by atoms with Crippen LogP contribution in [0.4, 0.5) is 0 Å². The molecular weight excluding hydrogens is 202 g/mol. The van der Waals surface area contributed by atoms with Gasteiger partial charge < -0.3 is 0 Å². The molecule has 1 aromatic carbocycles. The lowest BCUT2D eigenvalue weighted by Crippen LogP contribution is -2.20. The fourth-order valence-electron chi connectivity index (χ4n) is 1.26. The van der Waals surface area contributed by atoms with Gasteiger partial charge in [0.2, 0.25) is 0 Å². The van der Waals surface area contributed by atoms with E-state index in [0.29, 0.717) is 15.9 Å². The van der Waals surface area contributed by atoms with Crippen molar-refractivity contribution in [3.8, 4) is 0 Å². The number of nitrogens with zero attached hydrogens (tertiary/aromatic N) is 3. The molecule has 2 rings (SSSR count). The maximum atomic E-state index is 11.6. The van der Waals surface area contributed by atoms with Gasteiger partial charge in [0, 0.05) is 12.1 Å². The Balaban J connectivity index is 2.97. The Kier molecular flexibility index (Phi) is 2.00. The molecule has 0 unspecified atom stereocenters. The molecule has 0 fully saturated rings. The summed E-state index contributed by atoms with van der Waals surface area (Å²) in [6, 6.07) is 3.38. The molecule has 0 bridgehead atoms. The van der Waals surface area contributed by atoms with Gasteiger partial charge in [-0.15, -0.1) is 5.10 Å². The Morgan fingerprint density at radius 1 is 1.43 bits per heavy atom. The van der Waals surface area contributed by atoms with Crippen molar-refractivity contribution < 1.29 is 0 Å². The molecule has 0 aliphatic carbocycles. The lowest BCUT2D eigenvalue weighted by molar-refractivity contribution is 0.656. The fourth-order valence-corrected chi connectivity index (χ4v) is 1.41. The molecule has 2 aromatic rings. The molecule has 0 radical (unpaired) electrons. The van der Waals surface area contributed by atoms with Crippen molar-refractivity contribution in [3.63, 3.8) is 0 Å². The second-order valence-corrected chi connectivity index (χ2v) is 3.54. The van der Waals surface area contributed by atoms with E-state index in [-0.39, 0.29) is 5.56 Å². The Bertz CT molecular complexity index is 562. The molecule has 14 heavy (non-hydrogen) atoms. The van der Waals surface area contributed by atoms with Crippen LogP contribution < -0.4 is 5.56 Å². The monoisotopic (exact) mass is 209 g/mol. The van der Waals surface area contributed by atoms with Crippen molar-refractivity contribution in [1.29, 1.82) is 0 Å². The Morgan fingerprint density at radius 2 is 2.14 bits per heavy atom. The first kappa shape index (κ1) is 9.15. The zero-order chi connectivity index (χ0) is 10.3. The standard InChI is InChI=1S/C9H8ClN3O/c1-5-3-6-8(4-7(5)10)11-12-13(2)9(6)14/h3-4H,1-2H3. The largest absolute Gasteiger partial charge is 0.277 e. The second-order valence-electron chi connectivity index (χ2n) is 3.14.